The largest absolute Gasteiger partial charge is 0.377 e. The van der Waals surface area contributed by atoms with E-state index in [2.05, 4.69) is 23.1 Å². The first-order valence-electron chi connectivity index (χ1n) is 6.29. The maximum atomic E-state index is 11.1. The second-order valence-corrected chi connectivity index (χ2v) is 5.09. The Morgan fingerprint density at radius 1 is 1.39 bits per heavy atom. The molecule has 0 aliphatic heterocycles. The maximum Gasteiger partial charge on any atom is 0.163 e. The summed E-state index contributed by atoms with van der Waals surface area (Å²) in [6, 6.07) is 8.09. The van der Waals surface area contributed by atoms with Crippen LogP contribution in [0.25, 0.3) is 0 Å². The number of aryl methyl sites for hydroxylation is 1. The van der Waals surface area contributed by atoms with Gasteiger partial charge in [-0.25, -0.2) is 4.98 Å². The van der Waals surface area contributed by atoms with E-state index in [0.717, 1.165) is 12.0 Å². The van der Waals surface area contributed by atoms with Crippen LogP contribution in [0.15, 0.2) is 30.6 Å². The van der Waals surface area contributed by atoms with E-state index >= 15 is 0 Å². The van der Waals surface area contributed by atoms with Crippen molar-refractivity contribution in [2.24, 2.45) is 7.05 Å². The summed E-state index contributed by atoms with van der Waals surface area (Å²) in [7, 11) is 1.82. The molecule has 0 bridgehead atoms. The molecule has 3 rings (SSSR count). The lowest BCUT2D eigenvalue weighted by Crippen LogP contribution is -2.35. The third-order valence-electron chi connectivity index (χ3n) is 3.96. The van der Waals surface area contributed by atoms with E-state index in [1.165, 1.54) is 11.9 Å². The van der Waals surface area contributed by atoms with E-state index in [0.29, 0.717) is 18.2 Å². The molecule has 0 spiro atoms. The molecule has 2 aromatic rings. The van der Waals surface area contributed by atoms with Crippen molar-refractivity contribution in [1.29, 1.82) is 0 Å². The molecule has 4 heteroatoms. The molecule has 4 nitrogen and oxygen atoms in total. The van der Waals surface area contributed by atoms with Crippen LogP contribution in [0.5, 0.6) is 0 Å². The van der Waals surface area contributed by atoms with Gasteiger partial charge in [-0.2, -0.15) is 5.10 Å². The van der Waals surface area contributed by atoms with Crippen molar-refractivity contribution in [3.05, 3.63) is 47.5 Å². The first kappa shape index (κ1) is 11.4. The third-order valence-corrected chi connectivity index (χ3v) is 3.96. The summed E-state index contributed by atoms with van der Waals surface area (Å²) >= 11 is 0. The van der Waals surface area contributed by atoms with Crippen LogP contribution >= 0.6 is 0 Å². The fourth-order valence-electron chi connectivity index (χ4n) is 2.92. The zero-order chi connectivity index (χ0) is 12.8. The van der Waals surface area contributed by atoms with Crippen LogP contribution in [0.3, 0.4) is 0 Å². The molecule has 1 aromatic carbocycles. The highest BCUT2D eigenvalue weighted by molar-refractivity contribution is 5.41. The lowest BCUT2D eigenvalue weighted by Gasteiger charge is -2.36. The van der Waals surface area contributed by atoms with Crippen LogP contribution in [-0.4, -0.2) is 19.9 Å². The zero-order valence-electron chi connectivity index (χ0n) is 10.7. The molecule has 1 N–H and O–H groups in total. The van der Waals surface area contributed by atoms with Crippen LogP contribution < -0.4 is 0 Å². The fourth-order valence-corrected chi connectivity index (χ4v) is 2.92. The second kappa shape index (κ2) is 3.92. The van der Waals surface area contributed by atoms with Gasteiger partial charge in [-0.1, -0.05) is 31.2 Å². The number of hydrogen-bond donors (Lipinski definition) is 1. The number of aliphatic hydroxyl groups is 1. The van der Waals surface area contributed by atoms with Crippen molar-refractivity contribution >= 4 is 0 Å². The Morgan fingerprint density at radius 2 is 2.17 bits per heavy atom. The normalized spacial score (nSPS) is 26.9. The van der Waals surface area contributed by atoms with Gasteiger partial charge in [-0.05, 0) is 29.9 Å². The van der Waals surface area contributed by atoms with Crippen molar-refractivity contribution in [2.75, 3.05) is 0 Å². The SMILES string of the molecule is CC1CCC(O)(c2ncnn2C)c2ccccc21. The minimum absolute atomic E-state index is 0.481. The molecule has 0 radical (unpaired) electrons. The molecule has 0 amide bonds. The van der Waals surface area contributed by atoms with Gasteiger partial charge in [0.1, 0.15) is 11.9 Å². The first-order valence-corrected chi connectivity index (χ1v) is 6.29. The van der Waals surface area contributed by atoms with Gasteiger partial charge in [0, 0.05) is 7.05 Å². The minimum atomic E-state index is -1.01. The summed E-state index contributed by atoms with van der Waals surface area (Å²) in [5.41, 5.74) is 1.18. The van der Waals surface area contributed by atoms with Gasteiger partial charge in [-0.3, -0.25) is 4.68 Å². The van der Waals surface area contributed by atoms with Gasteiger partial charge in [0.05, 0.1) is 0 Å². The minimum Gasteiger partial charge on any atom is -0.377 e. The van der Waals surface area contributed by atoms with E-state index in [1.807, 2.05) is 25.2 Å². The van der Waals surface area contributed by atoms with Gasteiger partial charge < -0.3 is 5.11 Å². The van der Waals surface area contributed by atoms with Crippen molar-refractivity contribution in [3.63, 3.8) is 0 Å². The third kappa shape index (κ3) is 1.49. The summed E-state index contributed by atoms with van der Waals surface area (Å²) in [5.74, 6) is 1.11. The number of benzene rings is 1. The molecule has 2 unspecified atom stereocenters. The number of aromatic nitrogens is 3. The van der Waals surface area contributed by atoms with E-state index in [1.54, 1.807) is 4.68 Å². The van der Waals surface area contributed by atoms with Gasteiger partial charge in [0.15, 0.2) is 5.82 Å². The highest BCUT2D eigenvalue weighted by atomic mass is 16.3. The van der Waals surface area contributed by atoms with Gasteiger partial charge in [-0.15, -0.1) is 0 Å². The molecule has 18 heavy (non-hydrogen) atoms. The highest BCUT2D eigenvalue weighted by Crippen LogP contribution is 2.43. The molecular formula is C14H17N3O. The summed E-state index contributed by atoms with van der Waals surface area (Å²) in [6.07, 6.45) is 3.14. The lowest BCUT2D eigenvalue weighted by molar-refractivity contribution is 0.0453. The Labute approximate surface area is 106 Å². The average molecular weight is 243 g/mol. The van der Waals surface area contributed by atoms with Crippen molar-refractivity contribution < 1.29 is 5.11 Å². The van der Waals surface area contributed by atoms with Gasteiger partial charge in [0.2, 0.25) is 0 Å². The molecular weight excluding hydrogens is 226 g/mol. The highest BCUT2D eigenvalue weighted by Gasteiger charge is 2.41. The van der Waals surface area contributed by atoms with Crippen molar-refractivity contribution in [2.45, 2.75) is 31.3 Å². The standard InChI is InChI=1S/C14H17N3O/c1-10-7-8-14(18,13-15-9-16-17(13)2)12-6-4-3-5-11(10)12/h3-6,9-10,18H,7-8H2,1-2H3. The van der Waals surface area contributed by atoms with Crippen LogP contribution in [0.4, 0.5) is 0 Å². The van der Waals surface area contributed by atoms with Crippen LogP contribution in [-0.2, 0) is 12.6 Å². The molecule has 1 aliphatic carbocycles. The molecule has 0 saturated heterocycles. The number of nitrogens with zero attached hydrogens (tertiary/aromatic N) is 3. The predicted octanol–water partition coefficient (Wildman–Crippen LogP) is 1.95. The Morgan fingerprint density at radius 3 is 2.89 bits per heavy atom. The molecule has 94 valence electrons. The van der Waals surface area contributed by atoms with Crippen molar-refractivity contribution in [1.82, 2.24) is 14.8 Å². The summed E-state index contributed by atoms with van der Waals surface area (Å²) < 4.78 is 1.66. The van der Waals surface area contributed by atoms with Crippen molar-refractivity contribution in [3.8, 4) is 0 Å². The number of fused-ring (bicyclic) bond motifs is 1. The van der Waals surface area contributed by atoms with Gasteiger partial charge in [0.25, 0.3) is 0 Å². The Balaban J connectivity index is 2.20. The fraction of sp³-hybridized carbons (Fsp3) is 0.429. The number of hydrogen-bond acceptors (Lipinski definition) is 3. The first-order chi connectivity index (χ1) is 8.63. The Kier molecular flexibility index (Phi) is 2.48. The maximum absolute atomic E-state index is 11.1. The molecule has 1 aromatic heterocycles. The second-order valence-electron chi connectivity index (χ2n) is 5.09. The van der Waals surface area contributed by atoms with E-state index < -0.39 is 5.60 Å². The molecule has 0 fully saturated rings. The van der Waals surface area contributed by atoms with Crippen LogP contribution in [0, 0.1) is 0 Å². The quantitative estimate of drug-likeness (QED) is 0.833. The molecule has 0 saturated carbocycles. The Hall–Kier alpha value is -1.68. The summed E-state index contributed by atoms with van der Waals surface area (Å²) in [6.45, 7) is 2.20. The summed E-state index contributed by atoms with van der Waals surface area (Å²) in [4.78, 5) is 4.24. The van der Waals surface area contributed by atoms with E-state index in [4.69, 9.17) is 0 Å². The van der Waals surface area contributed by atoms with Gasteiger partial charge >= 0.3 is 0 Å². The number of rotatable bonds is 1. The lowest BCUT2D eigenvalue weighted by atomic mass is 9.74. The van der Waals surface area contributed by atoms with E-state index in [9.17, 15) is 5.11 Å². The van der Waals surface area contributed by atoms with Crippen LogP contribution in [0.2, 0.25) is 0 Å². The predicted molar refractivity (Wildman–Crippen MR) is 68.1 cm³/mol. The summed E-state index contributed by atoms with van der Waals surface area (Å²) in [5, 5.41) is 15.1. The molecule has 1 heterocycles. The van der Waals surface area contributed by atoms with E-state index in [-0.39, 0.29) is 0 Å². The smallest absolute Gasteiger partial charge is 0.163 e. The molecule has 2 atom stereocenters. The van der Waals surface area contributed by atoms with Crippen LogP contribution in [0.1, 0.15) is 42.6 Å². The topological polar surface area (TPSA) is 50.9 Å². The Bertz CT molecular complexity index is 578. The zero-order valence-corrected chi connectivity index (χ0v) is 10.7. The average Bonchev–Trinajstić information content (AvgIpc) is 2.82. The molecule has 1 aliphatic rings. The monoisotopic (exact) mass is 243 g/mol.